The summed E-state index contributed by atoms with van der Waals surface area (Å²) in [5.41, 5.74) is 1.52. The van der Waals surface area contributed by atoms with Crippen molar-refractivity contribution in [2.75, 3.05) is 19.0 Å². The normalized spacial score (nSPS) is 23.1. The molecule has 1 saturated carbocycles. The topological polar surface area (TPSA) is 56.9 Å². The number of aryl methyl sites for hydroxylation is 2. The van der Waals surface area contributed by atoms with Crippen molar-refractivity contribution in [1.82, 2.24) is 15.1 Å². The predicted octanol–water partition coefficient (Wildman–Crippen LogP) is 1.57. The van der Waals surface area contributed by atoms with Crippen molar-refractivity contribution in [3.05, 3.63) is 11.3 Å². The van der Waals surface area contributed by atoms with Gasteiger partial charge < -0.3 is 10.2 Å². The summed E-state index contributed by atoms with van der Waals surface area (Å²) in [5, 5.41) is 17.0. The van der Waals surface area contributed by atoms with Gasteiger partial charge in [0, 0.05) is 26.2 Å². The second-order valence-corrected chi connectivity index (χ2v) is 5.42. The Balaban J connectivity index is 2.17. The maximum atomic E-state index is 9.30. The average Bonchev–Trinajstić information content (AvgIpc) is 2.72. The van der Waals surface area contributed by atoms with E-state index in [0.717, 1.165) is 24.4 Å². The van der Waals surface area contributed by atoms with E-state index in [4.69, 9.17) is 0 Å². The third-order valence-corrected chi connectivity index (χ3v) is 4.29. The van der Waals surface area contributed by atoms with Crippen LogP contribution < -0.4 is 10.2 Å². The molecular formula is C14H23N5. The van der Waals surface area contributed by atoms with E-state index < -0.39 is 0 Å². The van der Waals surface area contributed by atoms with Crippen LogP contribution in [0.25, 0.3) is 0 Å². The molecule has 104 valence electrons. The van der Waals surface area contributed by atoms with E-state index in [9.17, 15) is 5.26 Å². The Bertz CT molecular complexity index is 477. The van der Waals surface area contributed by atoms with Crippen molar-refractivity contribution >= 4 is 5.82 Å². The molecule has 1 fully saturated rings. The molecule has 1 aliphatic carbocycles. The van der Waals surface area contributed by atoms with Crippen LogP contribution in [0.4, 0.5) is 5.82 Å². The van der Waals surface area contributed by atoms with E-state index in [1.165, 1.54) is 12.8 Å². The standard InChI is InChI=1S/C14H23N5/c1-10-13(9-15)14(19(4)17-10)18(3)12-7-5-11(16-2)6-8-12/h11-12,16H,5-8H2,1-4H3. The summed E-state index contributed by atoms with van der Waals surface area (Å²) in [6.07, 6.45) is 4.72. The van der Waals surface area contributed by atoms with Gasteiger partial charge in [0.15, 0.2) is 0 Å². The smallest absolute Gasteiger partial charge is 0.144 e. The lowest BCUT2D eigenvalue weighted by molar-refractivity contribution is 0.349. The molecule has 0 amide bonds. The van der Waals surface area contributed by atoms with E-state index in [-0.39, 0.29) is 0 Å². The van der Waals surface area contributed by atoms with Crippen LogP contribution >= 0.6 is 0 Å². The predicted molar refractivity (Wildman–Crippen MR) is 76.2 cm³/mol. The van der Waals surface area contributed by atoms with E-state index in [2.05, 4.69) is 28.4 Å². The van der Waals surface area contributed by atoms with Crippen LogP contribution in [0.5, 0.6) is 0 Å². The SMILES string of the molecule is CNC1CCC(N(C)c2c(C#N)c(C)nn2C)CC1. The average molecular weight is 261 g/mol. The Kier molecular flexibility index (Phi) is 4.11. The van der Waals surface area contributed by atoms with Gasteiger partial charge in [-0.3, -0.25) is 4.68 Å². The monoisotopic (exact) mass is 261 g/mol. The Morgan fingerprint density at radius 2 is 2.00 bits per heavy atom. The molecule has 1 heterocycles. The molecule has 0 atom stereocenters. The van der Waals surface area contributed by atoms with Crippen molar-refractivity contribution in [1.29, 1.82) is 5.26 Å². The maximum Gasteiger partial charge on any atom is 0.144 e. The lowest BCUT2D eigenvalue weighted by Crippen LogP contribution is -2.40. The van der Waals surface area contributed by atoms with Gasteiger partial charge in [-0.2, -0.15) is 10.4 Å². The largest absolute Gasteiger partial charge is 0.356 e. The number of anilines is 1. The van der Waals surface area contributed by atoms with Crippen molar-refractivity contribution in [3.8, 4) is 6.07 Å². The molecular weight excluding hydrogens is 238 g/mol. The zero-order valence-electron chi connectivity index (χ0n) is 12.3. The molecule has 0 radical (unpaired) electrons. The maximum absolute atomic E-state index is 9.30. The summed E-state index contributed by atoms with van der Waals surface area (Å²) in [7, 11) is 6.04. The van der Waals surface area contributed by atoms with Gasteiger partial charge in [-0.1, -0.05) is 0 Å². The Labute approximate surface area is 115 Å². The highest BCUT2D eigenvalue weighted by molar-refractivity contribution is 5.57. The first-order valence-corrected chi connectivity index (χ1v) is 6.92. The molecule has 2 rings (SSSR count). The zero-order valence-corrected chi connectivity index (χ0v) is 12.3. The lowest BCUT2D eigenvalue weighted by Gasteiger charge is -2.35. The Morgan fingerprint density at radius 1 is 1.37 bits per heavy atom. The van der Waals surface area contributed by atoms with Gasteiger partial charge in [0.05, 0.1) is 5.69 Å². The fourth-order valence-electron chi connectivity index (χ4n) is 3.11. The number of aromatic nitrogens is 2. The van der Waals surface area contributed by atoms with Crippen LogP contribution in [0.2, 0.25) is 0 Å². The molecule has 0 unspecified atom stereocenters. The Morgan fingerprint density at radius 3 is 2.53 bits per heavy atom. The van der Waals surface area contributed by atoms with Gasteiger partial charge in [-0.05, 0) is 39.7 Å². The van der Waals surface area contributed by atoms with Crippen LogP contribution in [0.1, 0.15) is 36.9 Å². The van der Waals surface area contributed by atoms with Crippen molar-refractivity contribution in [3.63, 3.8) is 0 Å². The van der Waals surface area contributed by atoms with E-state index in [1.807, 2.05) is 25.7 Å². The highest BCUT2D eigenvalue weighted by atomic mass is 15.4. The van der Waals surface area contributed by atoms with Gasteiger partial charge in [-0.25, -0.2) is 0 Å². The van der Waals surface area contributed by atoms with Gasteiger partial charge >= 0.3 is 0 Å². The number of nitriles is 1. The molecule has 1 aromatic rings. The van der Waals surface area contributed by atoms with Crippen molar-refractivity contribution < 1.29 is 0 Å². The van der Waals surface area contributed by atoms with Crippen LogP contribution in [-0.4, -0.2) is 36.0 Å². The van der Waals surface area contributed by atoms with Crippen molar-refractivity contribution in [2.45, 2.75) is 44.7 Å². The number of nitrogens with zero attached hydrogens (tertiary/aromatic N) is 4. The molecule has 1 N–H and O–H groups in total. The minimum absolute atomic E-state index is 0.506. The van der Waals surface area contributed by atoms with Crippen LogP contribution in [0, 0.1) is 18.3 Å². The number of rotatable bonds is 3. The molecule has 1 aromatic heterocycles. The fraction of sp³-hybridized carbons (Fsp3) is 0.714. The number of nitrogens with one attached hydrogen (secondary N) is 1. The van der Waals surface area contributed by atoms with E-state index in [0.29, 0.717) is 17.6 Å². The minimum atomic E-state index is 0.506. The van der Waals surface area contributed by atoms with Gasteiger partial charge in [-0.15, -0.1) is 0 Å². The lowest BCUT2D eigenvalue weighted by atomic mass is 9.90. The summed E-state index contributed by atoms with van der Waals surface area (Å²) in [5.74, 6) is 0.952. The Hall–Kier alpha value is -1.54. The minimum Gasteiger partial charge on any atom is -0.356 e. The third-order valence-electron chi connectivity index (χ3n) is 4.29. The summed E-state index contributed by atoms with van der Waals surface area (Å²) < 4.78 is 1.83. The third kappa shape index (κ3) is 2.59. The number of hydrogen-bond acceptors (Lipinski definition) is 4. The molecule has 0 aliphatic heterocycles. The van der Waals surface area contributed by atoms with Gasteiger partial charge in [0.25, 0.3) is 0 Å². The van der Waals surface area contributed by atoms with Gasteiger partial charge in [0.2, 0.25) is 0 Å². The molecule has 19 heavy (non-hydrogen) atoms. The van der Waals surface area contributed by atoms with E-state index >= 15 is 0 Å². The molecule has 0 aromatic carbocycles. The van der Waals surface area contributed by atoms with Crippen LogP contribution in [-0.2, 0) is 7.05 Å². The highest BCUT2D eigenvalue weighted by Crippen LogP contribution is 2.29. The van der Waals surface area contributed by atoms with Crippen molar-refractivity contribution in [2.24, 2.45) is 7.05 Å². The quantitative estimate of drug-likeness (QED) is 0.897. The molecule has 5 nitrogen and oxygen atoms in total. The molecule has 5 heteroatoms. The van der Waals surface area contributed by atoms with Crippen LogP contribution in [0.3, 0.4) is 0 Å². The highest BCUT2D eigenvalue weighted by Gasteiger charge is 2.27. The number of hydrogen-bond donors (Lipinski definition) is 1. The summed E-state index contributed by atoms with van der Waals surface area (Å²) in [4.78, 5) is 2.24. The molecule has 0 saturated heterocycles. The fourth-order valence-corrected chi connectivity index (χ4v) is 3.11. The first-order valence-electron chi connectivity index (χ1n) is 6.92. The summed E-state index contributed by atoms with van der Waals surface area (Å²) >= 11 is 0. The molecule has 1 aliphatic rings. The van der Waals surface area contributed by atoms with E-state index in [1.54, 1.807) is 0 Å². The second-order valence-electron chi connectivity index (χ2n) is 5.42. The first kappa shape index (κ1) is 13.9. The van der Waals surface area contributed by atoms with Crippen LogP contribution in [0.15, 0.2) is 0 Å². The first-order chi connectivity index (χ1) is 9.08. The zero-order chi connectivity index (χ0) is 14.0. The molecule has 0 spiro atoms. The molecule has 0 bridgehead atoms. The summed E-state index contributed by atoms with van der Waals surface area (Å²) in [6.45, 7) is 1.90. The second kappa shape index (κ2) is 5.62. The summed E-state index contributed by atoms with van der Waals surface area (Å²) in [6, 6.07) is 3.44. The van der Waals surface area contributed by atoms with Gasteiger partial charge in [0.1, 0.15) is 17.5 Å².